The highest BCUT2D eigenvalue weighted by Gasteiger charge is 2.28. The van der Waals surface area contributed by atoms with E-state index in [9.17, 15) is 18.0 Å². The second-order valence-electron chi connectivity index (χ2n) is 5.12. The van der Waals surface area contributed by atoms with Crippen LogP contribution in [0.4, 0.5) is 13.2 Å². The van der Waals surface area contributed by atoms with Gasteiger partial charge in [-0.2, -0.15) is 24.9 Å². The first kappa shape index (κ1) is 22.9. The van der Waals surface area contributed by atoms with Crippen molar-refractivity contribution in [3.8, 4) is 5.75 Å². The van der Waals surface area contributed by atoms with Crippen LogP contribution in [0.25, 0.3) is 0 Å². The highest BCUT2D eigenvalue weighted by molar-refractivity contribution is 7.98. The molecular formula is C15H22ClF3N2O2S. The van der Waals surface area contributed by atoms with Gasteiger partial charge in [-0.25, -0.2) is 0 Å². The van der Waals surface area contributed by atoms with Crippen molar-refractivity contribution in [1.29, 1.82) is 0 Å². The van der Waals surface area contributed by atoms with Crippen LogP contribution in [0, 0.1) is 6.92 Å². The highest BCUT2D eigenvalue weighted by Crippen LogP contribution is 2.23. The topological polar surface area (TPSA) is 64.4 Å². The van der Waals surface area contributed by atoms with Crippen LogP contribution in [0.5, 0.6) is 5.75 Å². The van der Waals surface area contributed by atoms with Crippen molar-refractivity contribution in [1.82, 2.24) is 5.32 Å². The van der Waals surface area contributed by atoms with Crippen LogP contribution >= 0.6 is 24.2 Å². The maximum Gasteiger partial charge on any atom is 0.422 e. The number of nitrogens with two attached hydrogens (primary N) is 1. The number of hydrogen-bond donors (Lipinski definition) is 2. The molecule has 1 atom stereocenters. The number of carbonyl (C=O) groups is 1. The Morgan fingerprint density at radius 2 is 2.08 bits per heavy atom. The summed E-state index contributed by atoms with van der Waals surface area (Å²) in [7, 11) is 0. The van der Waals surface area contributed by atoms with E-state index < -0.39 is 18.8 Å². The summed E-state index contributed by atoms with van der Waals surface area (Å²) in [5.74, 6) is 0.542. The van der Waals surface area contributed by atoms with Gasteiger partial charge in [0, 0.05) is 12.1 Å². The summed E-state index contributed by atoms with van der Waals surface area (Å²) in [5, 5.41) is 2.63. The monoisotopic (exact) mass is 386 g/mol. The van der Waals surface area contributed by atoms with Gasteiger partial charge in [0.2, 0.25) is 5.91 Å². The zero-order chi connectivity index (χ0) is 17.5. The second kappa shape index (κ2) is 10.7. The van der Waals surface area contributed by atoms with E-state index in [2.05, 4.69) is 5.32 Å². The maximum absolute atomic E-state index is 12.3. The summed E-state index contributed by atoms with van der Waals surface area (Å²) in [6, 6.07) is 4.26. The predicted molar refractivity (Wildman–Crippen MR) is 92.8 cm³/mol. The van der Waals surface area contributed by atoms with Crippen LogP contribution in [-0.4, -0.2) is 36.7 Å². The normalized spacial score (nSPS) is 12.2. The Hall–Kier alpha value is -1.12. The number of amides is 1. The van der Waals surface area contributed by atoms with E-state index in [0.29, 0.717) is 12.0 Å². The standard InChI is InChI=1S/C15H21F3N2O2S.ClH/c1-10-3-4-11(13(7-10)22-9-15(16,17)18)8-20-14(21)12(19)5-6-23-2;/h3-4,7,12H,5-6,8-9,19H2,1-2H3,(H,20,21);1H/t12-;/m0./s1. The fourth-order valence-corrected chi connectivity index (χ4v) is 2.28. The third-order valence-electron chi connectivity index (χ3n) is 3.04. The first-order valence-electron chi connectivity index (χ1n) is 7.04. The molecule has 0 saturated carbocycles. The number of rotatable bonds is 8. The van der Waals surface area contributed by atoms with Gasteiger partial charge >= 0.3 is 6.18 Å². The highest BCUT2D eigenvalue weighted by atomic mass is 35.5. The van der Waals surface area contributed by atoms with Gasteiger partial charge in [0.15, 0.2) is 6.61 Å². The van der Waals surface area contributed by atoms with Gasteiger partial charge in [-0.15, -0.1) is 12.4 Å². The van der Waals surface area contributed by atoms with Gasteiger partial charge in [0.1, 0.15) is 5.75 Å². The molecule has 0 saturated heterocycles. The Balaban J connectivity index is 0.00000529. The van der Waals surface area contributed by atoms with E-state index in [0.717, 1.165) is 11.3 Å². The number of nitrogens with one attached hydrogen (secondary N) is 1. The van der Waals surface area contributed by atoms with Gasteiger partial charge in [-0.3, -0.25) is 4.79 Å². The van der Waals surface area contributed by atoms with Crippen LogP contribution in [0.1, 0.15) is 17.5 Å². The summed E-state index contributed by atoms with van der Waals surface area (Å²) in [6.07, 6.45) is -1.95. The van der Waals surface area contributed by atoms with Crippen molar-refractivity contribution in [2.45, 2.75) is 32.1 Å². The number of hydrogen-bond acceptors (Lipinski definition) is 4. The molecule has 0 bridgehead atoms. The minimum atomic E-state index is -4.41. The van der Waals surface area contributed by atoms with Crippen molar-refractivity contribution < 1.29 is 22.7 Å². The Labute approximate surface area is 150 Å². The Bertz CT molecular complexity index is 530. The van der Waals surface area contributed by atoms with Crippen molar-refractivity contribution in [3.05, 3.63) is 29.3 Å². The first-order chi connectivity index (χ1) is 10.7. The summed E-state index contributed by atoms with van der Waals surface area (Å²) in [4.78, 5) is 11.9. The number of ether oxygens (including phenoxy) is 1. The largest absolute Gasteiger partial charge is 0.484 e. The van der Waals surface area contributed by atoms with Crippen molar-refractivity contribution in [3.63, 3.8) is 0 Å². The number of benzene rings is 1. The van der Waals surface area contributed by atoms with Crippen LogP contribution in [0.3, 0.4) is 0 Å². The molecule has 1 amide bonds. The lowest BCUT2D eigenvalue weighted by Gasteiger charge is -2.16. The smallest absolute Gasteiger partial charge is 0.422 e. The number of alkyl halides is 3. The van der Waals surface area contributed by atoms with Gasteiger partial charge in [0.25, 0.3) is 0 Å². The maximum atomic E-state index is 12.3. The first-order valence-corrected chi connectivity index (χ1v) is 8.43. The van der Waals surface area contributed by atoms with Gasteiger partial charge < -0.3 is 15.8 Å². The average Bonchev–Trinajstić information content (AvgIpc) is 2.48. The molecule has 1 rings (SSSR count). The lowest BCUT2D eigenvalue weighted by Crippen LogP contribution is -2.40. The molecule has 1 aromatic rings. The summed E-state index contributed by atoms with van der Waals surface area (Å²) in [6.45, 7) is 0.449. The molecule has 4 nitrogen and oxygen atoms in total. The van der Waals surface area contributed by atoms with Crippen LogP contribution < -0.4 is 15.8 Å². The molecule has 9 heteroatoms. The molecule has 138 valence electrons. The molecule has 0 aromatic heterocycles. The number of halogens is 4. The van der Waals surface area contributed by atoms with E-state index in [1.165, 1.54) is 6.07 Å². The summed E-state index contributed by atoms with van der Waals surface area (Å²) >= 11 is 1.59. The molecule has 1 aromatic carbocycles. The Morgan fingerprint density at radius 3 is 2.67 bits per heavy atom. The molecule has 0 aliphatic rings. The van der Waals surface area contributed by atoms with E-state index >= 15 is 0 Å². The SMILES string of the molecule is CSCC[C@H](N)C(=O)NCc1ccc(C)cc1OCC(F)(F)F.Cl. The molecule has 0 radical (unpaired) electrons. The molecule has 0 spiro atoms. The minimum Gasteiger partial charge on any atom is -0.484 e. The molecular weight excluding hydrogens is 365 g/mol. The van der Waals surface area contributed by atoms with E-state index in [-0.39, 0.29) is 30.6 Å². The number of thioether (sulfide) groups is 1. The fourth-order valence-electron chi connectivity index (χ4n) is 1.79. The van der Waals surface area contributed by atoms with Crippen molar-refractivity contribution in [2.24, 2.45) is 5.73 Å². The number of aryl methyl sites for hydroxylation is 1. The molecule has 24 heavy (non-hydrogen) atoms. The van der Waals surface area contributed by atoms with E-state index in [1.807, 2.05) is 6.26 Å². The summed E-state index contributed by atoms with van der Waals surface area (Å²) < 4.78 is 41.7. The van der Waals surface area contributed by atoms with E-state index in [1.54, 1.807) is 30.8 Å². The van der Waals surface area contributed by atoms with Crippen LogP contribution in [0.2, 0.25) is 0 Å². The lowest BCUT2D eigenvalue weighted by molar-refractivity contribution is -0.153. The predicted octanol–water partition coefficient (Wildman–Crippen LogP) is 3.05. The molecule has 0 aliphatic heterocycles. The van der Waals surface area contributed by atoms with E-state index in [4.69, 9.17) is 10.5 Å². The van der Waals surface area contributed by atoms with Crippen molar-refractivity contribution >= 4 is 30.1 Å². The van der Waals surface area contributed by atoms with Crippen molar-refractivity contribution in [2.75, 3.05) is 18.6 Å². The second-order valence-corrected chi connectivity index (χ2v) is 6.11. The van der Waals surface area contributed by atoms with Crippen LogP contribution in [-0.2, 0) is 11.3 Å². The lowest BCUT2D eigenvalue weighted by atomic mass is 10.1. The average molecular weight is 387 g/mol. The minimum absolute atomic E-state index is 0. The van der Waals surface area contributed by atoms with Gasteiger partial charge in [-0.1, -0.05) is 12.1 Å². The Kier molecular flexibility index (Phi) is 10.2. The molecule has 0 fully saturated rings. The van der Waals surface area contributed by atoms with Gasteiger partial charge in [-0.05, 0) is 37.0 Å². The zero-order valence-corrected chi connectivity index (χ0v) is 15.1. The third-order valence-corrected chi connectivity index (χ3v) is 3.68. The van der Waals surface area contributed by atoms with Crippen LogP contribution in [0.15, 0.2) is 18.2 Å². The zero-order valence-electron chi connectivity index (χ0n) is 13.5. The molecule has 0 aliphatic carbocycles. The quantitative estimate of drug-likeness (QED) is 0.720. The van der Waals surface area contributed by atoms with Gasteiger partial charge in [0.05, 0.1) is 6.04 Å². The molecule has 0 heterocycles. The fraction of sp³-hybridized carbons (Fsp3) is 0.533. The number of carbonyl (C=O) groups excluding carboxylic acids is 1. The molecule has 0 unspecified atom stereocenters. The summed E-state index contributed by atoms with van der Waals surface area (Å²) in [5.41, 5.74) is 6.99. The Morgan fingerprint density at radius 1 is 1.42 bits per heavy atom. The third kappa shape index (κ3) is 8.65. The molecule has 3 N–H and O–H groups in total.